The molecular formula is C19H24N2O3. The summed E-state index contributed by atoms with van der Waals surface area (Å²) >= 11 is 0. The van der Waals surface area contributed by atoms with E-state index < -0.39 is 0 Å². The molecule has 0 bridgehead atoms. The van der Waals surface area contributed by atoms with Crippen molar-refractivity contribution in [3.05, 3.63) is 54.6 Å². The van der Waals surface area contributed by atoms with Crippen molar-refractivity contribution >= 4 is 11.6 Å². The summed E-state index contributed by atoms with van der Waals surface area (Å²) in [5, 5.41) is 2.88. The fraction of sp³-hybridized carbons (Fsp3) is 0.316. The minimum atomic E-state index is -0.0321. The van der Waals surface area contributed by atoms with Gasteiger partial charge in [-0.25, -0.2) is 0 Å². The Kier molecular flexibility index (Phi) is 7.11. The van der Waals surface area contributed by atoms with Gasteiger partial charge in [-0.3, -0.25) is 4.79 Å². The molecule has 0 spiro atoms. The minimum Gasteiger partial charge on any atom is -0.495 e. The summed E-state index contributed by atoms with van der Waals surface area (Å²) in [4.78, 5) is 14.1. The molecule has 0 aliphatic carbocycles. The average molecular weight is 328 g/mol. The number of anilines is 1. The average Bonchev–Trinajstić information content (AvgIpc) is 2.61. The molecule has 2 rings (SSSR count). The van der Waals surface area contributed by atoms with Gasteiger partial charge >= 0.3 is 0 Å². The summed E-state index contributed by atoms with van der Waals surface area (Å²) in [6.45, 7) is 2.02. The second-order valence-corrected chi connectivity index (χ2v) is 5.46. The van der Waals surface area contributed by atoms with Crippen molar-refractivity contribution in [3.63, 3.8) is 0 Å². The maximum atomic E-state index is 12.1. The maximum Gasteiger partial charge on any atom is 0.225 e. The summed E-state index contributed by atoms with van der Waals surface area (Å²) < 4.78 is 10.9. The van der Waals surface area contributed by atoms with E-state index in [0.717, 1.165) is 12.3 Å². The van der Waals surface area contributed by atoms with E-state index in [1.165, 1.54) is 0 Å². The molecular weight excluding hydrogens is 304 g/mol. The lowest BCUT2D eigenvalue weighted by atomic mass is 10.2. The molecule has 5 heteroatoms. The standard InChI is InChI=1S/C19H24N2O3/c1-21(14-15-24-16-8-4-3-5-9-16)13-12-19(22)20-17-10-6-7-11-18(17)23-2/h3-11H,12-15H2,1-2H3,(H,20,22). The van der Waals surface area contributed by atoms with Gasteiger partial charge in [0.1, 0.15) is 18.1 Å². The van der Waals surface area contributed by atoms with Crippen LogP contribution in [0.3, 0.4) is 0 Å². The highest BCUT2D eigenvalue weighted by Crippen LogP contribution is 2.22. The number of rotatable bonds is 9. The number of ether oxygens (including phenoxy) is 2. The van der Waals surface area contributed by atoms with Gasteiger partial charge in [-0.1, -0.05) is 30.3 Å². The van der Waals surface area contributed by atoms with E-state index in [-0.39, 0.29) is 5.91 Å². The van der Waals surface area contributed by atoms with Crippen molar-refractivity contribution in [2.75, 3.05) is 39.2 Å². The van der Waals surface area contributed by atoms with E-state index in [9.17, 15) is 4.79 Å². The van der Waals surface area contributed by atoms with Crippen LogP contribution in [0.1, 0.15) is 6.42 Å². The van der Waals surface area contributed by atoms with E-state index in [0.29, 0.717) is 31.0 Å². The zero-order valence-corrected chi connectivity index (χ0v) is 14.2. The normalized spacial score (nSPS) is 10.5. The molecule has 1 N–H and O–H groups in total. The molecule has 2 aromatic carbocycles. The quantitative estimate of drug-likeness (QED) is 0.769. The second kappa shape index (κ2) is 9.57. The van der Waals surface area contributed by atoms with E-state index in [1.807, 2.05) is 61.6 Å². The highest BCUT2D eigenvalue weighted by molar-refractivity contribution is 5.92. The summed E-state index contributed by atoms with van der Waals surface area (Å²) in [6.07, 6.45) is 0.417. The molecule has 24 heavy (non-hydrogen) atoms. The van der Waals surface area contributed by atoms with Crippen LogP contribution >= 0.6 is 0 Å². The maximum absolute atomic E-state index is 12.1. The molecule has 0 saturated carbocycles. The lowest BCUT2D eigenvalue weighted by Crippen LogP contribution is -2.28. The largest absolute Gasteiger partial charge is 0.495 e. The zero-order chi connectivity index (χ0) is 17.2. The van der Waals surface area contributed by atoms with Crippen LogP contribution in [0.25, 0.3) is 0 Å². The first-order valence-corrected chi connectivity index (χ1v) is 7.98. The third-order valence-electron chi connectivity index (χ3n) is 3.59. The molecule has 1 amide bonds. The van der Waals surface area contributed by atoms with Gasteiger partial charge in [0.15, 0.2) is 0 Å². The number of nitrogens with zero attached hydrogens (tertiary/aromatic N) is 1. The highest BCUT2D eigenvalue weighted by Gasteiger charge is 2.08. The highest BCUT2D eigenvalue weighted by atomic mass is 16.5. The molecule has 0 heterocycles. The second-order valence-electron chi connectivity index (χ2n) is 5.46. The van der Waals surface area contributed by atoms with Gasteiger partial charge in [-0.05, 0) is 31.3 Å². The summed E-state index contributed by atoms with van der Waals surface area (Å²) in [6, 6.07) is 17.1. The van der Waals surface area contributed by atoms with E-state index in [2.05, 4.69) is 10.2 Å². The van der Waals surface area contributed by atoms with Gasteiger partial charge in [-0.2, -0.15) is 0 Å². The predicted octanol–water partition coefficient (Wildman–Crippen LogP) is 3.03. The minimum absolute atomic E-state index is 0.0321. The van der Waals surface area contributed by atoms with Crippen molar-refractivity contribution in [1.82, 2.24) is 4.90 Å². The van der Waals surface area contributed by atoms with Gasteiger partial charge in [0.05, 0.1) is 12.8 Å². The van der Waals surface area contributed by atoms with Crippen LogP contribution in [-0.2, 0) is 4.79 Å². The van der Waals surface area contributed by atoms with E-state index in [4.69, 9.17) is 9.47 Å². The topological polar surface area (TPSA) is 50.8 Å². The van der Waals surface area contributed by atoms with Crippen LogP contribution in [0.5, 0.6) is 11.5 Å². The number of carbonyl (C=O) groups excluding carboxylic acids is 1. The molecule has 128 valence electrons. The molecule has 0 radical (unpaired) electrons. The number of benzene rings is 2. The molecule has 0 saturated heterocycles. The van der Waals surface area contributed by atoms with Gasteiger partial charge in [0.25, 0.3) is 0 Å². The molecule has 2 aromatic rings. The SMILES string of the molecule is COc1ccccc1NC(=O)CCN(C)CCOc1ccccc1. The summed E-state index contributed by atoms with van der Waals surface area (Å²) in [5.41, 5.74) is 0.695. The van der Waals surface area contributed by atoms with Crippen LogP contribution in [-0.4, -0.2) is 44.7 Å². The third kappa shape index (κ3) is 5.93. The van der Waals surface area contributed by atoms with Crippen molar-refractivity contribution < 1.29 is 14.3 Å². The monoisotopic (exact) mass is 328 g/mol. The summed E-state index contributed by atoms with van der Waals surface area (Å²) in [5.74, 6) is 1.49. The van der Waals surface area contributed by atoms with Gasteiger partial charge < -0.3 is 19.7 Å². The van der Waals surface area contributed by atoms with Gasteiger partial charge in [0.2, 0.25) is 5.91 Å². The fourth-order valence-electron chi connectivity index (χ4n) is 2.20. The summed E-state index contributed by atoms with van der Waals surface area (Å²) in [7, 11) is 3.57. The predicted molar refractivity (Wildman–Crippen MR) is 95.7 cm³/mol. The molecule has 0 fully saturated rings. The molecule has 0 aliphatic rings. The molecule has 0 unspecified atom stereocenters. The number of para-hydroxylation sites is 3. The Balaban J connectivity index is 1.67. The molecule has 0 aromatic heterocycles. The number of hydrogen-bond donors (Lipinski definition) is 1. The Morgan fingerprint density at radius 1 is 1.04 bits per heavy atom. The van der Waals surface area contributed by atoms with Crippen LogP contribution < -0.4 is 14.8 Å². The van der Waals surface area contributed by atoms with Crippen LogP contribution in [0, 0.1) is 0 Å². The van der Waals surface area contributed by atoms with Crippen LogP contribution in [0.4, 0.5) is 5.69 Å². The van der Waals surface area contributed by atoms with Crippen LogP contribution in [0.2, 0.25) is 0 Å². The number of carbonyl (C=O) groups is 1. The Bertz CT molecular complexity index is 632. The molecule has 0 aliphatic heterocycles. The number of likely N-dealkylation sites (N-methyl/N-ethyl adjacent to an activating group) is 1. The Hall–Kier alpha value is -2.53. The Morgan fingerprint density at radius 2 is 1.75 bits per heavy atom. The molecule has 5 nitrogen and oxygen atoms in total. The van der Waals surface area contributed by atoms with Crippen LogP contribution in [0.15, 0.2) is 54.6 Å². The zero-order valence-electron chi connectivity index (χ0n) is 14.2. The van der Waals surface area contributed by atoms with Gasteiger partial charge in [-0.15, -0.1) is 0 Å². The lowest BCUT2D eigenvalue weighted by molar-refractivity contribution is -0.116. The van der Waals surface area contributed by atoms with Gasteiger partial charge in [0, 0.05) is 19.5 Å². The lowest BCUT2D eigenvalue weighted by Gasteiger charge is -2.17. The first kappa shape index (κ1) is 17.8. The van der Waals surface area contributed by atoms with Crippen molar-refractivity contribution in [1.29, 1.82) is 0 Å². The Morgan fingerprint density at radius 3 is 2.50 bits per heavy atom. The number of hydrogen-bond acceptors (Lipinski definition) is 4. The molecule has 0 atom stereocenters. The number of nitrogens with one attached hydrogen (secondary N) is 1. The Labute approximate surface area is 143 Å². The van der Waals surface area contributed by atoms with E-state index in [1.54, 1.807) is 7.11 Å². The fourth-order valence-corrected chi connectivity index (χ4v) is 2.20. The van der Waals surface area contributed by atoms with Crippen molar-refractivity contribution in [2.24, 2.45) is 0 Å². The van der Waals surface area contributed by atoms with E-state index >= 15 is 0 Å². The first-order valence-electron chi connectivity index (χ1n) is 7.98. The van der Waals surface area contributed by atoms with Crippen molar-refractivity contribution in [3.8, 4) is 11.5 Å². The third-order valence-corrected chi connectivity index (χ3v) is 3.59. The van der Waals surface area contributed by atoms with Crippen molar-refractivity contribution in [2.45, 2.75) is 6.42 Å². The number of methoxy groups -OCH3 is 1. The number of amides is 1. The first-order chi connectivity index (χ1) is 11.7. The smallest absolute Gasteiger partial charge is 0.225 e.